The van der Waals surface area contributed by atoms with E-state index in [0.29, 0.717) is 28.9 Å². The lowest BCUT2D eigenvalue weighted by atomic mass is 10.1. The predicted octanol–water partition coefficient (Wildman–Crippen LogP) is 3.43. The molecule has 0 aliphatic heterocycles. The highest BCUT2D eigenvalue weighted by Gasteiger charge is 2.20. The van der Waals surface area contributed by atoms with Crippen LogP contribution in [-0.2, 0) is 16.4 Å². The standard InChI is InChI=1S/C23H25N5O4S/c1-4-7-18(15-24-2)33(30,31)28-23-22(25-19-8-5-6-9-20(19)26-23)27-21-14-17(32-3)11-10-16(21)12-13-29/h4-11,14-15,29H,1,12-13H2,2-3H3,(H,25,27)(H,26,28)/b18-7+,24-15?. The fourth-order valence-corrected chi connectivity index (χ4v) is 4.09. The minimum atomic E-state index is -4.03. The van der Waals surface area contributed by atoms with E-state index < -0.39 is 10.0 Å². The average molecular weight is 468 g/mol. The molecule has 2 aromatic carbocycles. The van der Waals surface area contributed by atoms with E-state index in [0.717, 1.165) is 5.56 Å². The van der Waals surface area contributed by atoms with Gasteiger partial charge in [0, 0.05) is 31.6 Å². The fraction of sp³-hybridized carbons (Fsp3) is 0.174. The molecule has 0 unspecified atom stereocenters. The largest absolute Gasteiger partial charge is 0.497 e. The van der Waals surface area contributed by atoms with Crippen LogP contribution >= 0.6 is 0 Å². The average Bonchev–Trinajstić information content (AvgIpc) is 2.80. The lowest BCUT2D eigenvalue weighted by Crippen LogP contribution is -2.18. The number of aliphatic hydroxyl groups is 1. The zero-order chi connectivity index (χ0) is 23.8. The van der Waals surface area contributed by atoms with E-state index in [4.69, 9.17) is 4.74 Å². The number of anilines is 3. The molecular weight excluding hydrogens is 442 g/mol. The molecule has 0 spiro atoms. The van der Waals surface area contributed by atoms with Crippen molar-refractivity contribution in [3.05, 3.63) is 71.7 Å². The number of rotatable bonds is 10. The Hall–Kier alpha value is -3.76. The van der Waals surface area contributed by atoms with E-state index in [2.05, 4.69) is 31.6 Å². The maximum Gasteiger partial charge on any atom is 0.264 e. The van der Waals surface area contributed by atoms with Crippen molar-refractivity contribution in [1.29, 1.82) is 0 Å². The van der Waals surface area contributed by atoms with E-state index in [9.17, 15) is 13.5 Å². The van der Waals surface area contributed by atoms with Crippen LogP contribution in [0.5, 0.6) is 5.75 Å². The second-order valence-corrected chi connectivity index (χ2v) is 8.51. The molecule has 3 rings (SSSR count). The Morgan fingerprint density at radius 1 is 1.18 bits per heavy atom. The summed E-state index contributed by atoms with van der Waals surface area (Å²) in [6, 6.07) is 12.5. The Labute approximate surface area is 192 Å². The van der Waals surface area contributed by atoms with Crippen LogP contribution in [0.1, 0.15) is 5.56 Å². The molecule has 0 bridgehead atoms. The van der Waals surface area contributed by atoms with Crippen molar-refractivity contribution in [1.82, 2.24) is 9.97 Å². The third-order valence-corrected chi connectivity index (χ3v) is 5.93. The van der Waals surface area contributed by atoms with Crippen molar-refractivity contribution in [3.63, 3.8) is 0 Å². The van der Waals surface area contributed by atoms with Crippen LogP contribution in [-0.4, -0.2) is 50.5 Å². The van der Waals surface area contributed by atoms with Gasteiger partial charge in [-0.2, -0.15) is 0 Å². The van der Waals surface area contributed by atoms with Crippen LogP contribution in [0, 0.1) is 0 Å². The molecule has 10 heteroatoms. The Morgan fingerprint density at radius 2 is 1.88 bits per heavy atom. The van der Waals surface area contributed by atoms with Gasteiger partial charge in [0.15, 0.2) is 11.6 Å². The summed E-state index contributed by atoms with van der Waals surface area (Å²) in [7, 11) is -1.02. The van der Waals surface area contributed by atoms with Crippen LogP contribution in [0.15, 0.2) is 71.1 Å². The molecule has 0 amide bonds. The number of ether oxygens (including phenoxy) is 1. The molecule has 3 N–H and O–H groups in total. The summed E-state index contributed by atoms with van der Waals surface area (Å²) < 4.78 is 33.9. The first-order valence-electron chi connectivity index (χ1n) is 10.0. The molecule has 9 nitrogen and oxygen atoms in total. The number of allylic oxidation sites excluding steroid dienone is 3. The normalized spacial score (nSPS) is 12.2. The third-order valence-electron chi connectivity index (χ3n) is 4.60. The van der Waals surface area contributed by atoms with Gasteiger partial charge in [0.1, 0.15) is 10.7 Å². The fourth-order valence-electron chi connectivity index (χ4n) is 3.05. The van der Waals surface area contributed by atoms with Crippen LogP contribution in [0.3, 0.4) is 0 Å². The van der Waals surface area contributed by atoms with Gasteiger partial charge in [0.05, 0.1) is 18.1 Å². The second-order valence-electron chi connectivity index (χ2n) is 6.83. The van der Waals surface area contributed by atoms with Gasteiger partial charge in [0.2, 0.25) is 0 Å². The van der Waals surface area contributed by atoms with E-state index >= 15 is 0 Å². The van der Waals surface area contributed by atoms with Gasteiger partial charge in [-0.25, -0.2) is 18.4 Å². The number of benzene rings is 2. The van der Waals surface area contributed by atoms with Crippen molar-refractivity contribution in [2.24, 2.45) is 4.99 Å². The van der Waals surface area contributed by atoms with Crippen LogP contribution in [0.2, 0.25) is 0 Å². The predicted molar refractivity (Wildman–Crippen MR) is 132 cm³/mol. The molecule has 0 saturated carbocycles. The summed E-state index contributed by atoms with van der Waals surface area (Å²) in [6.07, 6.45) is 4.29. The van der Waals surface area contributed by atoms with E-state index in [1.165, 1.54) is 25.4 Å². The van der Waals surface area contributed by atoms with Crippen molar-refractivity contribution in [2.75, 3.05) is 30.8 Å². The van der Waals surface area contributed by atoms with Crippen molar-refractivity contribution in [2.45, 2.75) is 6.42 Å². The number of methoxy groups -OCH3 is 1. The summed E-state index contributed by atoms with van der Waals surface area (Å²) in [4.78, 5) is 12.8. The Balaban J connectivity index is 2.13. The summed E-state index contributed by atoms with van der Waals surface area (Å²) in [5.74, 6) is 0.785. The third kappa shape index (κ3) is 5.73. The monoisotopic (exact) mass is 467 g/mol. The molecule has 1 heterocycles. The van der Waals surface area contributed by atoms with Gasteiger partial charge in [-0.3, -0.25) is 9.71 Å². The number of nitrogens with one attached hydrogen (secondary N) is 2. The molecule has 0 saturated heterocycles. The van der Waals surface area contributed by atoms with Crippen LogP contribution in [0.4, 0.5) is 17.3 Å². The van der Waals surface area contributed by atoms with Gasteiger partial charge < -0.3 is 15.2 Å². The number of nitrogens with zero attached hydrogens (tertiary/aromatic N) is 3. The summed E-state index contributed by atoms with van der Waals surface area (Å²) >= 11 is 0. The molecule has 3 aromatic rings. The summed E-state index contributed by atoms with van der Waals surface area (Å²) in [5.41, 5.74) is 2.49. The number of aromatic nitrogens is 2. The molecular formula is C23H25N5O4S. The number of fused-ring (bicyclic) bond motifs is 1. The van der Waals surface area contributed by atoms with Crippen LogP contribution in [0.25, 0.3) is 11.0 Å². The summed E-state index contributed by atoms with van der Waals surface area (Å²) in [5, 5.41) is 12.6. The highest BCUT2D eigenvalue weighted by Crippen LogP contribution is 2.30. The number of aliphatic hydroxyl groups excluding tert-OH is 1. The highest BCUT2D eigenvalue weighted by molar-refractivity contribution is 7.97. The SMILES string of the molecule is C=C/C=C(\C=NC)S(=O)(=O)Nc1nc2ccccc2nc1Nc1cc(OC)ccc1CCO. The van der Waals surface area contributed by atoms with Gasteiger partial charge in [-0.1, -0.05) is 30.9 Å². The number of hydrogen-bond donors (Lipinski definition) is 3. The Morgan fingerprint density at radius 3 is 2.48 bits per heavy atom. The van der Waals surface area contributed by atoms with Crippen molar-refractivity contribution < 1.29 is 18.3 Å². The molecule has 0 atom stereocenters. The minimum absolute atomic E-state index is 0.00549. The molecule has 0 fully saturated rings. The Kier molecular flexibility index (Phi) is 7.75. The van der Waals surface area contributed by atoms with E-state index in [1.807, 2.05) is 12.1 Å². The molecule has 0 aliphatic rings. The quantitative estimate of drug-likeness (QED) is 0.308. The first-order valence-corrected chi connectivity index (χ1v) is 11.5. The second kappa shape index (κ2) is 10.7. The minimum Gasteiger partial charge on any atom is -0.497 e. The highest BCUT2D eigenvalue weighted by atomic mass is 32.2. The molecule has 172 valence electrons. The first kappa shape index (κ1) is 23.9. The molecule has 0 radical (unpaired) electrons. The van der Waals surface area contributed by atoms with E-state index in [-0.39, 0.29) is 23.1 Å². The van der Waals surface area contributed by atoms with Gasteiger partial charge >= 0.3 is 0 Å². The Bertz CT molecular complexity index is 1320. The number of sulfonamides is 1. The van der Waals surface area contributed by atoms with E-state index in [1.54, 1.807) is 37.4 Å². The van der Waals surface area contributed by atoms with Crippen LogP contribution < -0.4 is 14.8 Å². The van der Waals surface area contributed by atoms with Crippen molar-refractivity contribution >= 4 is 44.6 Å². The zero-order valence-electron chi connectivity index (χ0n) is 18.3. The van der Waals surface area contributed by atoms with Gasteiger partial charge in [-0.05, 0) is 36.3 Å². The topological polar surface area (TPSA) is 126 Å². The zero-order valence-corrected chi connectivity index (χ0v) is 19.1. The molecule has 33 heavy (non-hydrogen) atoms. The maximum absolute atomic E-state index is 13.0. The van der Waals surface area contributed by atoms with Crippen molar-refractivity contribution in [3.8, 4) is 5.75 Å². The summed E-state index contributed by atoms with van der Waals surface area (Å²) in [6.45, 7) is 3.50. The van der Waals surface area contributed by atoms with Gasteiger partial charge in [0.25, 0.3) is 10.0 Å². The number of para-hydroxylation sites is 2. The van der Waals surface area contributed by atoms with Gasteiger partial charge in [-0.15, -0.1) is 0 Å². The number of aliphatic imine (C=N–C) groups is 1. The number of hydrogen-bond acceptors (Lipinski definition) is 8. The first-order chi connectivity index (χ1) is 15.9. The molecule has 0 aliphatic carbocycles. The smallest absolute Gasteiger partial charge is 0.264 e. The molecule has 1 aromatic heterocycles. The maximum atomic E-state index is 13.0. The lowest BCUT2D eigenvalue weighted by Gasteiger charge is -2.16. The lowest BCUT2D eigenvalue weighted by molar-refractivity contribution is 0.299.